The first-order valence-electron chi connectivity index (χ1n) is 9.88. The van der Waals surface area contributed by atoms with Crippen LogP contribution < -0.4 is 0 Å². The standard InChI is InChI=1S/C21H27BrO7/c1-20(2)26-16-14(24)15(17-19(18(16)28-20)29-21(3,4)27-17)25-13(23)10-7-11-5-8-12(22)9-6-11/h5-6,8-9,14-19,24H,7,10H2,1-4H3/t14-,15-,16+,17+,18+,19+/m0/s1. The molecule has 1 aliphatic carbocycles. The molecule has 0 bridgehead atoms. The predicted molar refractivity (Wildman–Crippen MR) is 106 cm³/mol. The number of benzene rings is 1. The van der Waals surface area contributed by atoms with Crippen molar-refractivity contribution in [2.75, 3.05) is 0 Å². The summed E-state index contributed by atoms with van der Waals surface area (Å²) >= 11 is 3.40. The van der Waals surface area contributed by atoms with E-state index in [4.69, 9.17) is 23.7 Å². The Balaban J connectivity index is 1.46. The van der Waals surface area contributed by atoms with Crippen molar-refractivity contribution in [3.8, 4) is 0 Å². The monoisotopic (exact) mass is 470 g/mol. The summed E-state index contributed by atoms with van der Waals surface area (Å²) in [4.78, 5) is 12.6. The average molecular weight is 471 g/mol. The van der Waals surface area contributed by atoms with Gasteiger partial charge in [0.2, 0.25) is 0 Å². The molecule has 2 saturated heterocycles. The van der Waals surface area contributed by atoms with Gasteiger partial charge in [0.25, 0.3) is 0 Å². The van der Waals surface area contributed by atoms with Crippen LogP contribution in [0.5, 0.6) is 0 Å². The highest BCUT2D eigenvalue weighted by molar-refractivity contribution is 9.10. The van der Waals surface area contributed by atoms with Crippen molar-refractivity contribution >= 4 is 21.9 Å². The summed E-state index contributed by atoms with van der Waals surface area (Å²) in [7, 11) is 0. The number of esters is 1. The van der Waals surface area contributed by atoms with Gasteiger partial charge in [0.1, 0.15) is 30.5 Å². The number of hydrogen-bond acceptors (Lipinski definition) is 7. The van der Waals surface area contributed by atoms with Crippen LogP contribution in [-0.4, -0.2) is 59.3 Å². The van der Waals surface area contributed by atoms with Gasteiger partial charge in [0.15, 0.2) is 17.7 Å². The molecule has 3 fully saturated rings. The summed E-state index contributed by atoms with van der Waals surface area (Å²) in [5, 5.41) is 10.9. The summed E-state index contributed by atoms with van der Waals surface area (Å²) in [6.07, 6.45) is -3.50. The third-order valence-electron chi connectivity index (χ3n) is 5.45. The van der Waals surface area contributed by atoms with Crippen LogP contribution in [0.2, 0.25) is 0 Å². The number of carbonyl (C=O) groups excluding carboxylic acids is 1. The zero-order valence-corrected chi connectivity index (χ0v) is 18.5. The third-order valence-corrected chi connectivity index (χ3v) is 5.98. The first-order chi connectivity index (χ1) is 13.5. The Hall–Kier alpha value is -1.03. The van der Waals surface area contributed by atoms with Crippen LogP contribution in [-0.2, 0) is 34.9 Å². The SMILES string of the molecule is CC1(C)O[C@H]2[C@@H]3OC(C)(C)O[C@@H]3[C@@H](O)[C@H](OC(=O)CCc3ccc(Br)cc3)[C@H]2O1. The zero-order valence-electron chi connectivity index (χ0n) is 17.0. The minimum absolute atomic E-state index is 0.198. The first kappa shape index (κ1) is 21.2. The van der Waals surface area contributed by atoms with Crippen LogP contribution in [0.25, 0.3) is 0 Å². The molecule has 3 aliphatic rings. The number of ether oxygens (including phenoxy) is 5. The van der Waals surface area contributed by atoms with Gasteiger partial charge in [-0.1, -0.05) is 28.1 Å². The molecule has 1 saturated carbocycles. The molecule has 1 N–H and O–H groups in total. The summed E-state index contributed by atoms with van der Waals surface area (Å²) in [5.41, 5.74) is 1.03. The lowest BCUT2D eigenvalue weighted by molar-refractivity contribution is -0.199. The fourth-order valence-electron chi connectivity index (χ4n) is 4.29. The Morgan fingerprint density at radius 2 is 1.48 bits per heavy atom. The number of hydrogen-bond donors (Lipinski definition) is 1. The van der Waals surface area contributed by atoms with Crippen molar-refractivity contribution in [1.82, 2.24) is 0 Å². The normalized spacial score (nSPS) is 37.0. The van der Waals surface area contributed by atoms with Gasteiger partial charge in [-0.15, -0.1) is 0 Å². The van der Waals surface area contributed by atoms with E-state index in [9.17, 15) is 9.90 Å². The van der Waals surface area contributed by atoms with E-state index in [1.165, 1.54) is 0 Å². The molecule has 4 rings (SSSR count). The van der Waals surface area contributed by atoms with Gasteiger partial charge in [0.05, 0.1) is 0 Å². The fourth-order valence-corrected chi connectivity index (χ4v) is 4.55. The molecule has 8 heteroatoms. The maximum Gasteiger partial charge on any atom is 0.306 e. The number of aliphatic hydroxyl groups excluding tert-OH is 1. The number of carbonyl (C=O) groups is 1. The highest BCUT2D eigenvalue weighted by atomic mass is 79.9. The Morgan fingerprint density at radius 1 is 0.966 bits per heavy atom. The molecule has 6 atom stereocenters. The largest absolute Gasteiger partial charge is 0.457 e. The van der Waals surface area contributed by atoms with E-state index >= 15 is 0 Å². The van der Waals surface area contributed by atoms with E-state index in [1.54, 1.807) is 27.7 Å². The second kappa shape index (κ2) is 7.59. The minimum atomic E-state index is -1.07. The summed E-state index contributed by atoms with van der Waals surface area (Å²) in [5.74, 6) is -2.14. The van der Waals surface area contributed by atoms with E-state index in [0.29, 0.717) is 6.42 Å². The van der Waals surface area contributed by atoms with E-state index in [2.05, 4.69) is 15.9 Å². The van der Waals surface area contributed by atoms with Crippen LogP contribution in [0.1, 0.15) is 39.7 Å². The lowest BCUT2D eigenvalue weighted by atomic mass is 9.85. The zero-order chi connectivity index (χ0) is 21.0. The topological polar surface area (TPSA) is 83.5 Å². The van der Waals surface area contributed by atoms with E-state index in [1.807, 2.05) is 24.3 Å². The molecule has 0 aromatic heterocycles. The quantitative estimate of drug-likeness (QED) is 0.677. The van der Waals surface area contributed by atoms with Gasteiger partial charge >= 0.3 is 5.97 Å². The van der Waals surface area contributed by atoms with Crippen molar-refractivity contribution in [2.24, 2.45) is 0 Å². The van der Waals surface area contributed by atoms with Gasteiger partial charge in [-0.25, -0.2) is 0 Å². The molecule has 0 spiro atoms. The van der Waals surface area contributed by atoms with E-state index in [0.717, 1.165) is 10.0 Å². The Labute approximate surface area is 178 Å². The van der Waals surface area contributed by atoms with Crippen LogP contribution in [0.15, 0.2) is 28.7 Å². The Kier molecular flexibility index (Phi) is 5.55. The van der Waals surface area contributed by atoms with Gasteiger partial charge in [-0.05, 0) is 51.8 Å². The van der Waals surface area contributed by atoms with Crippen molar-refractivity contribution in [1.29, 1.82) is 0 Å². The number of aryl methyl sites for hydroxylation is 1. The van der Waals surface area contributed by atoms with Gasteiger partial charge in [-0.3, -0.25) is 4.79 Å². The van der Waals surface area contributed by atoms with Gasteiger partial charge in [-0.2, -0.15) is 0 Å². The first-order valence-corrected chi connectivity index (χ1v) is 10.7. The maximum absolute atomic E-state index is 12.6. The molecule has 0 unspecified atom stereocenters. The third kappa shape index (κ3) is 4.38. The summed E-state index contributed by atoms with van der Waals surface area (Å²) in [6.45, 7) is 7.15. The van der Waals surface area contributed by atoms with Crippen LogP contribution in [0.4, 0.5) is 0 Å². The number of halogens is 1. The Bertz CT molecular complexity index is 763. The molecule has 1 aromatic rings. The van der Waals surface area contributed by atoms with E-state index in [-0.39, 0.29) is 6.42 Å². The highest BCUT2D eigenvalue weighted by Crippen LogP contribution is 2.45. The van der Waals surface area contributed by atoms with Crippen molar-refractivity contribution in [3.63, 3.8) is 0 Å². The average Bonchev–Trinajstić information content (AvgIpc) is 3.13. The van der Waals surface area contributed by atoms with Crippen molar-refractivity contribution in [2.45, 2.75) is 88.7 Å². The number of rotatable bonds is 4. The lowest BCUT2D eigenvalue weighted by Gasteiger charge is -2.40. The van der Waals surface area contributed by atoms with Crippen molar-refractivity contribution in [3.05, 3.63) is 34.3 Å². The molecule has 29 heavy (non-hydrogen) atoms. The molecule has 0 radical (unpaired) electrons. The van der Waals surface area contributed by atoms with Crippen LogP contribution in [0, 0.1) is 0 Å². The lowest BCUT2D eigenvalue weighted by Crippen LogP contribution is -2.62. The molecule has 0 amide bonds. The van der Waals surface area contributed by atoms with Gasteiger partial charge in [0, 0.05) is 10.9 Å². The van der Waals surface area contributed by atoms with E-state index < -0.39 is 54.2 Å². The Morgan fingerprint density at radius 3 is 2.10 bits per heavy atom. The van der Waals surface area contributed by atoms with Crippen molar-refractivity contribution < 1.29 is 33.6 Å². The minimum Gasteiger partial charge on any atom is -0.457 e. The molecular formula is C21H27BrO7. The molecule has 7 nitrogen and oxygen atoms in total. The van der Waals surface area contributed by atoms with Gasteiger partial charge < -0.3 is 28.8 Å². The smallest absolute Gasteiger partial charge is 0.306 e. The highest BCUT2D eigenvalue weighted by Gasteiger charge is 2.64. The van der Waals surface area contributed by atoms with Crippen LogP contribution in [0.3, 0.4) is 0 Å². The molecule has 2 heterocycles. The second-order valence-corrected chi connectivity index (χ2v) is 9.62. The fraction of sp³-hybridized carbons (Fsp3) is 0.667. The maximum atomic E-state index is 12.6. The molecule has 2 aliphatic heterocycles. The predicted octanol–water partition coefficient (Wildman–Crippen LogP) is 2.71. The summed E-state index contributed by atoms with van der Waals surface area (Å²) in [6, 6.07) is 7.77. The molecular weight excluding hydrogens is 444 g/mol. The second-order valence-electron chi connectivity index (χ2n) is 8.70. The van der Waals surface area contributed by atoms with Crippen LogP contribution >= 0.6 is 15.9 Å². The number of fused-ring (bicyclic) bond motifs is 3. The summed E-state index contributed by atoms with van der Waals surface area (Å²) < 4.78 is 30.6. The molecule has 1 aromatic carbocycles. The molecule has 160 valence electrons. The number of aliphatic hydroxyl groups is 1.